The SMILES string of the molecule is COc1cccc(-c2nn3c(c2-c2ccc(F)cc2)CCC3)n1. The highest BCUT2D eigenvalue weighted by molar-refractivity contribution is 5.81. The smallest absolute Gasteiger partial charge is 0.213 e. The van der Waals surface area contributed by atoms with E-state index in [1.807, 2.05) is 22.9 Å². The molecule has 0 aliphatic carbocycles. The summed E-state index contributed by atoms with van der Waals surface area (Å²) in [5.74, 6) is 0.319. The lowest BCUT2D eigenvalue weighted by atomic mass is 10.00. The lowest BCUT2D eigenvalue weighted by Gasteiger charge is -2.06. The van der Waals surface area contributed by atoms with Crippen LogP contribution in [0.1, 0.15) is 12.1 Å². The first-order valence-electron chi connectivity index (χ1n) is 7.63. The van der Waals surface area contributed by atoms with Crippen molar-refractivity contribution in [2.45, 2.75) is 19.4 Å². The Labute approximate surface area is 133 Å². The van der Waals surface area contributed by atoms with Gasteiger partial charge in [-0.15, -0.1) is 0 Å². The Morgan fingerprint density at radius 1 is 1.13 bits per heavy atom. The number of benzene rings is 1. The van der Waals surface area contributed by atoms with Crippen LogP contribution in [0.2, 0.25) is 0 Å². The highest BCUT2D eigenvalue weighted by atomic mass is 19.1. The number of halogens is 1. The van der Waals surface area contributed by atoms with Gasteiger partial charge in [0, 0.05) is 23.9 Å². The number of aromatic nitrogens is 3. The summed E-state index contributed by atoms with van der Waals surface area (Å²) < 4.78 is 20.5. The first kappa shape index (κ1) is 13.9. The molecule has 1 aromatic carbocycles. The normalized spacial score (nSPS) is 13.1. The van der Waals surface area contributed by atoms with Crippen LogP contribution in [0.25, 0.3) is 22.5 Å². The molecule has 0 saturated carbocycles. The molecule has 0 unspecified atom stereocenters. The van der Waals surface area contributed by atoms with Crippen LogP contribution in [0.4, 0.5) is 4.39 Å². The number of rotatable bonds is 3. The van der Waals surface area contributed by atoms with Crippen LogP contribution in [0.5, 0.6) is 5.88 Å². The summed E-state index contributed by atoms with van der Waals surface area (Å²) in [4.78, 5) is 4.51. The molecule has 0 amide bonds. The molecule has 4 nitrogen and oxygen atoms in total. The Bertz CT molecular complexity index is 855. The second-order valence-corrected chi connectivity index (χ2v) is 5.57. The fourth-order valence-electron chi connectivity index (χ4n) is 3.09. The van der Waals surface area contributed by atoms with Gasteiger partial charge in [0.15, 0.2) is 0 Å². The van der Waals surface area contributed by atoms with Crippen molar-refractivity contribution in [3.05, 3.63) is 54.0 Å². The highest BCUT2D eigenvalue weighted by Crippen LogP contribution is 2.37. The Morgan fingerprint density at radius 3 is 2.74 bits per heavy atom. The van der Waals surface area contributed by atoms with Crippen molar-refractivity contribution in [3.8, 4) is 28.4 Å². The van der Waals surface area contributed by atoms with Crippen LogP contribution in [0.3, 0.4) is 0 Å². The van der Waals surface area contributed by atoms with E-state index in [-0.39, 0.29) is 5.82 Å². The molecule has 23 heavy (non-hydrogen) atoms. The third-order valence-corrected chi connectivity index (χ3v) is 4.15. The standard InChI is InChI=1S/C18H16FN3O/c1-23-16-6-2-4-14(20-16)18-17(12-7-9-13(19)10-8-12)15-5-3-11-22(15)21-18/h2,4,6-10H,3,5,11H2,1H3. The van der Waals surface area contributed by atoms with Crippen LogP contribution in [-0.4, -0.2) is 21.9 Å². The lowest BCUT2D eigenvalue weighted by Crippen LogP contribution is -1.95. The van der Waals surface area contributed by atoms with E-state index in [1.165, 1.54) is 17.8 Å². The third kappa shape index (κ3) is 2.38. The number of fused-ring (bicyclic) bond motifs is 1. The van der Waals surface area contributed by atoms with Crippen LogP contribution < -0.4 is 4.74 Å². The molecule has 0 radical (unpaired) electrons. The predicted octanol–water partition coefficient (Wildman–Crippen LogP) is 3.71. The zero-order chi connectivity index (χ0) is 15.8. The van der Waals surface area contributed by atoms with Gasteiger partial charge in [0.05, 0.1) is 12.8 Å². The molecule has 116 valence electrons. The zero-order valence-electron chi connectivity index (χ0n) is 12.8. The molecule has 4 rings (SSSR count). The summed E-state index contributed by atoms with van der Waals surface area (Å²) in [5, 5.41) is 4.74. The van der Waals surface area contributed by atoms with Crippen molar-refractivity contribution in [3.63, 3.8) is 0 Å². The molecule has 0 saturated heterocycles. The van der Waals surface area contributed by atoms with Gasteiger partial charge in [0.1, 0.15) is 11.5 Å². The van der Waals surface area contributed by atoms with E-state index in [2.05, 4.69) is 4.98 Å². The molecule has 3 aromatic rings. The van der Waals surface area contributed by atoms with Crippen LogP contribution in [0, 0.1) is 5.82 Å². The molecule has 0 bridgehead atoms. The van der Waals surface area contributed by atoms with Gasteiger partial charge in [-0.1, -0.05) is 18.2 Å². The molecular weight excluding hydrogens is 293 g/mol. The summed E-state index contributed by atoms with van der Waals surface area (Å²) in [6.07, 6.45) is 2.06. The molecule has 0 N–H and O–H groups in total. The van der Waals surface area contributed by atoms with E-state index in [0.717, 1.165) is 41.9 Å². The predicted molar refractivity (Wildman–Crippen MR) is 85.7 cm³/mol. The van der Waals surface area contributed by atoms with Crippen molar-refractivity contribution in [1.82, 2.24) is 14.8 Å². The summed E-state index contributed by atoms with van der Waals surface area (Å²) in [7, 11) is 1.60. The average molecular weight is 309 g/mol. The van der Waals surface area contributed by atoms with Crippen molar-refractivity contribution < 1.29 is 9.13 Å². The summed E-state index contributed by atoms with van der Waals surface area (Å²) in [5.41, 5.74) is 4.80. The number of hydrogen-bond acceptors (Lipinski definition) is 3. The monoisotopic (exact) mass is 309 g/mol. The van der Waals surface area contributed by atoms with Crippen molar-refractivity contribution in [1.29, 1.82) is 0 Å². The minimum Gasteiger partial charge on any atom is -0.481 e. The number of ether oxygens (including phenoxy) is 1. The number of aryl methyl sites for hydroxylation is 1. The molecule has 1 aliphatic heterocycles. The van der Waals surface area contributed by atoms with E-state index >= 15 is 0 Å². The van der Waals surface area contributed by atoms with E-state index in [0.29, 0.717) is 5.88 Å². The first-order chi connectivity index (χ1) is 11.3. The van der Waals surface area contributed by atoms with Crippen molar-refractivity contribution in [2.75, 3.05) is 7.11 Å². The average Bonchev–Trinajstić information content (AvgIpc) is 3.17. The molecule has 5 heteroatoms. The molecule has 3 heterocycles. The molecular formula is C18H16FN3O. The van der Waals surface area contributed by atoms with Gasteiger partial charge in [-0.25, -0.2) is 9.37 Å². The van der Waals surface area contributed by atoms with Crippen molar-refractivity contribution >= 4 is 0 Å². The van der Waals surface area contributed by atoms with Crippen LogP contribution in [0.15, 0.2) is 42.5 Å². The van der Waals surface area contributed by atoms with Gasteiger partial charge in [-0.05, 0) is 36.6 Å². The van der Waals surface area contributed by atoms with E-state index in [1.54, 1.807) is 19.2 Å². The quantitative estimate of drug-likeness (QED) is 0.740. The maximum absolute atomic E-state index is 13.3. The first-order valence-corrected chi connectivity index (χ1v) is 7.63. The second kappa shape index (κ2) is 5.50. The number of hydrogen-bond donors (Lipinski definition) is 0. The molecule has 0 spiro atoms. The minimum absolute atomic E-state index is 0.237. The maximum atomic E-state index is 13.3. The van der Waals surface area contributed by atoms with Gasteiger partial charge in [0.2, 0.25) is 5.88 Å². The lowest BCUT2D eigenvalue weighted by molar-refractivity contribution is 0.398. The van der Waals surface area contributed by atoms with E-state index in [4.69, 9.17) is 9.84 Å². The molecule has 2 aromatic heterocycles. The number of methoxy groups -OCH3 is 1. The second-order valence-electron chi connectivity index (χ2n) is 5.57. The Hall–Kier alpha value is -2.69. The number of nitrogens with zero attached hydrogens (tertiary/aromatic N) is 3. The summed E-state index contributed by atoms with van der Waals surface area (Å²) in [6, 6.07) is 12.2. The highest BCUT2D eigenvalue weighted by Gasteiger charge is 2.24. The zero-order valence-corrected chi connectivity index (χ0v) is 12.8. The molecule has 0 atom stereocenters. The summed E-state index contributed by atoms with van der Waals surface area (Å²) >= 11 is 0. The maximum Gasteiger partial charge on any atom is 0.213 e. The Morgan fingerprint density at radius 2 is 1.96 bits per heavy atom. The Balaban J connectivity index is 1.91. The van der Waals surface area contributed by atoms with Crippen molar-refractivity contribution in [2.24, 2.45) is 0 Å². The fraction of sp³-hybridized carbons (Fsp3) is 0.222. The van der Waals surface area contributed by atoms with Gasteiger partial charge in [-0.3, -0.25) is 4.68 Å². The van der Waals surface area contributed by atoms with Gasteiger partial charge >= 0.3 is 0 Å². The summed E-state index contributed by atoms with van der Waals surface area (Å²) in [6.45, 7) is 0.910. The van der Waals surface area contributed by atoms with Gasteiger partial charge in [0.25, 0.3) is 0 Å². The van der Waals surface area contributed by atoms with Crippen LogP contribution in [-0.2, 0) is 13.0 Å². The third-order valence-electron chi connectivity index (χ3n) is 4.15. The minimum atomic E-state index is -0.237. The molecule has 1 aliphatic rings. The van der Waals surface area contributed by atoms with Gasteiger partial charge in [-0.2, -0.15) is 5.10 Å². The number of pyridine rings is 1. The largest absolute Gasteiger partial charge is 0.481 e. The molecule has 0 fully saturated rings. The van der Waals surface area contributed by atoms with Gasteiger partial charge < -0.3 is 4.74 Å². The Kier molecular flexibility index (Phi) is 3.33. The van der Waals surface area contributed by atoms with E-state index in [9.17, 15) is 4.39 Å². The topological polar surface area (TPSA) is 39.9 Å². The fourth-order valence-corrected chi connectivity index (χ4v) is 3.09. The van der Waals surface area contributed by atoms with Crippen LogP contribution >= 0.6 is 0 Å². The van der Waals surface area contributed by atoms with E-state index < -0.39 is 0 Å².